The lowest BCUT2D eigenvalue weighted by molar-refractivity contribution is -0.119. The number of carbonyl (C=O) groups excluding carboxylic acids is 2. The minimum absolute atomic E-state index is 0.143. The highest BCUT2D eigenvalue weighted by atomic mass is 32.2. The quantitative estimate of drug-likeness (QED) is 0.751. The van der Waals surface area contributed by atoms with Crippen LogP contribution in [-0.4, -0.2) is 34.3 Å². The highest BCUT2D eigenvalue weighted by molar-refractivity contribution is 7.99. The van der Waals surface area contributed by atoms with E-state index >= 15 is 0 Å². The summed E-state index contributed by atoms with van der Waals surface area (Å²) in [7, 11) is 0. The van der Waals surface area contributed by atoms with Crippen molar-refractivity contribution in [2.75, 3.05) is 17.6 Å². The highest BCUT2D eigenvalue weighted by Gasteiger charge is 2.08. The number of hydrogen-bond acceptors (Lipinski definition) is 6. The molecule has 0 atom stereocenters. The Kier molecular flexibility index (Phi) is 6.16. The molecule has 0 aliphatic carbocycles. The summed E-state index contributed by atoms with van der Waals surface area (Å²) in [5.74, 6) is 0.298. The van der Waals surface area contributed by atoms with E-state index in [4.69, 9.17) is 4.42 Å². The molecule has 23 heavy (non-hydrogen) atoms. The monoisotopic (exact) mass is 334 g/mol. The van der Waals surface area contributed by atoms with Crippen LogP contribution in [0.15, 0.2) is 33.9 Å². The lowest BCUT2D eigenvalue weighted by atomic mass is 10.2. The topological polar surface area (TPSA) is 97.1 Å². The summed E-state index contributed by atoms with van der Waals surface area (Å²) in [6.07, 6.45) is 0.212. The normalized spacial score (nSPS) is 10.3. The molecule has 1 heterocycles. The van der Waals surface area contributed by atoms with Gasteiger partial charge in [0.2, 0.25) is 17.7 Å². The van der Waals surface area contributed by atoms with Crippen molar-refractivity contribution in [1.29, 1.82) is 0 Å². The molecular formula is C15H18N4O3S. The Morgan fingerprint density at radius 1 is 1.22 bits per heavy atom. The zero-order chi connectivity index (χ0) is 16.7. The Balaban J connectivity index is 1.64. The average molecular weight is 334 g/mol. The molecule has 1 aromatic heterocycles. The maximum absolute atomic E-state index is 11.8. The molecule has 8 heteroatoms. The molecule has 0 aliphatic heterocycles. The van der Waals surface area contributed by atoms with Crippen LogP contribution < -0.4 is 10.6 Å². The molecule has 2 amide bonds. The van der Waals surface area contributed by atoms with Crippen LogP contribution in [-0.2, 0) is 9.59 Å². The number of aryl methyl sites for hydroxylation is 2. The maximum Gasteiger partial charge on any atom is 0.277 e. The van der Waals surface area contributed by atoms with Crippen LogP contribution in [0.3, 0.4) is 0 Å². The van der Waals surface area contributed by atoms with E-state index in [1.54, 1.807) is 6.92 Å². The first-order valence-corrected chi connectivity index (χ1v) is 8.07. The molecule has 0 spiro atoms. The minimum Gasteiger partial charge on any atom is -0.416 e. The second-order valence-electron chi connectivity index (χ2n) is 4.89. The summed E-state index contributed by atoms with van der Waals surface area (Å²) in [5.41, 5.74) is 1.83. The van der Waals surface area contributed by atoms with Gasteiger partial charge in [-0.3, -0.25) is 9.59 Å². The van der Waals surface area contributed by atoms with E-state index in [1.807, 2.05) is 31.2 Å². The molecule has 0 aliphatic rings. The summed E-state index contributed by atoms with van der Waals surface area (Å²) in [5, 5.41) is 13.3. The molecule has 0 bridgehead atoms. The molecule has 1 aromatic carbocycles. The van der Waals surface area contributed by atoms with Crippen LogP contribution in [0.25, 0.3) is 0 Å². The van der Waals surface area contributed by atoms with Gasteiger partial charge in [-0.15, -0.1) is 10.2 Å². The third kappa shape index (κ3) is 6.11. The third-order valence-corrected chi connectivity index (χ3v) is 3.63. The van der Waals surface area contributed by atoms with Gasteiger partial charge in [-0.1, -0.05) is 23.9 Å². The fraction of sp³-hybridized carbons (Fsp3) is 0.333. The Labute approximate surface area is 138 Å². The first kappa shape index (κ1) is 17.0. The summed E-state index contributed by atoms with van der Waals surface area (Å²) in [4.78, 5) is 23.4. The Bertz CT molecular complexity index is 687. The molecule has 2 aromatic rings. The van der Waals surface area contributed by atoms with Crippen molar-refractivity contribution < 1.29 is 14.0 Å². The SMILES string of the molecule is Cc1cccc(NC(=O)CCNC(=O)CSc2nnc(C)o2)c1. The van der Waals surface area contributed by atoms with Gasteiger partial charge < -0.3 is 15.1 Å². The van der Waals surface area contributed by atoms with E-state index in [0.29, 0.717) is 11.1 Å². The van der Waals surface area contributed by atoms with Gasteiger partial charge in [0.15, 0.2) is 0 Å². The molecule has 2 rings (SSSR count). The predicted octanol–water partition coefficient (Wildman–Crippen LogP) is 1.92. The average Bonchev–Trinajstić information content (AvgIpc) is 2.91. The van der Waals surface area contributed by atoms with Crippen LogP contribution >= 0.6 is 11.8 Å². The first-order chi connectivity index (χ1) is 11.0. The van der Waals surface area contributed by atoms with Crippen LogP contribution in [0.5, 0.6) is 0 Å². The van der Waals surface area contributed by atoms with Crippen molar-refractivity contribution in [3.63, 3.8) is 0 Å². The van der Waals surface area contributed by atoms with Gasteiger partial charge in [-0.05, 0) is 24.6 Å². The van der Waals surface area contributed by atoms with Crippen LogP contribution in [0.2, 0.25) is 0 Å². The molecule has 7 nitrogen and oxygen atoms in total. The zero-order valence-corrected chi connectivity index (χ0v) is 13.8. The number of hydrogen-bond donors (Lipinski definition) is 2. The van der Waals surface area contributed by atoms with E-state index in [-0.39, 0.29) is 30.5 Å². The summed E-state index contributed by atoms with van der Waals surface area (Å²) >= 11 is 1.16. The van der Waals surface area contributed by atoms with E-state index in [2.05, 4.69) is 20.8 Å². The summed E-state index contributed by atoms with van der Waals surface area (Å²) in [6.45, 7) is 3.92. The van der Waals surface area contributed by atoms with Crippen molar-refractivity contribution in [2.45, 2.75) is 25.5 Å². The number of anilines is 1. The lowest BCUT2D eigenvalue weighted by Gasteiger charge is -2.07. The molecule has 0 saturated carbocycles. The largest absolute Gasteiger partial charge is 0.416 e. The second-order valence-corrected chi connectivity index (χ2v) is 5.82. The number of nitrogens with zero attached hydrogens (tertiary/aromatic N) is 2. The van der Waals surface area contributed by atoms with Crippen molar-refractivity contribution >= 4 is 29.3 Å². The molecule has 2 N–H and O–H groups in total. The molecular weight excluding hydrogens is 316 g/mol. The molecule has 122 valence electrons. The van der Waals surface area contributed by atoms with Crippen molar-refractivity contribution in [2.24, 2.45) is 0 Å². The fourth-order valence-electron chi connectivity index (χ4n) is 1.78. The number of thioether (sulfide) groups is 1. The van der Waals surface area contributed by atoms with E-state index < -0.39 is 0 Å². The van der Waals surface area contributed by atoms with Gasteiger partial charge in [-0.25, -0.2) is 0 Å². The third-order valence-electron chi connectivity index (χ3n) is 2.81. The number of benzene rings is 1. The molecule has 0 saturated heterocycles. The van der Waals surface area contributed by atoms with Gasteiger partial charge in [-0.2, -0.15) is 0 Å². The first-order valence-electron chi connectivity index (χ1n) is 7.09. The van der Waals surface area contributed by atoms with Gasteiger partial charge in [0.1, 0.15) is 0 Å². The van der Waals surface area contributed by atoms with Crippen molar-refractivity contribution in [3.05, 3.63) is 35.7 Å². The Morgan fingerprint density at radius 3 is 2.74 bits per heavy atom. The molecule has 0 radical (unpaired) electrons. The van der Waals surface area contributed by atoms with Crippen LogP contribution in [0.1, 0.15) is 17.9 Å². The van der Waals surface area contributed by atoms with Gasteiger partial charge >= 0.3 is 0 Å². The van der Waals surface area contributed by atoms with Gasteiger partial charge in [0.05, 0.1) is 5.75 Å². The van der Waals surface area contributed by atoms with E-state index in [1.165, 1.54) is 0 Å². The second kappa shape index (κ2) is 8.33. The highest BCUT2D eigenvalue weighted by Crippen LogP contribution is 2.14. The van der Waals surface area contributed by atoms with E-state index in [0.717, 1.165) is 23.0 Å². The number of nitrogens with one attached hydrogen (secondary N) is 2. The van der Waals surface area contributed by atoms with Crippen LogP contribution in [0.4, 0.5) is 5.69 Å². The maximum atomic E-state index is 11.8. The van der Waals surface area contributed by atoms with Crippen molar-refractivity contribution in [1.82, 2.24) is 15.5 Å². The lowest BCUT2D eigenvalue weighted by Crippen LogP contribution is -2.29. The Morgan fingerprint density at radius 2 is 2.04 bits per heavy atom. The standard InChI is InChI=1S/C15H18N4O3S/c1-10-4-3-5-12(8-10)17-13(20)6-7-16-14(21)9-23-15-19-18-11(2)22-15/h3-5,8H,6-7,9H2,1-2H3,(H,16,21)(H,17,20). The smallest absolute Gasteiger partial charge is 0.277 e. The number of rotatable bonds is 7. The number of amides is 2. The minimum atomic E-state index is -0.186. The number of aromatic nitrogens is 2. The Hall–Kier alpha value is -2.35. The number of carbonyl (C=O) groups is 2. The van der Waals surface area contributed by atoms with Gasteiger partial charge in [0, 0.05) is 25.6 Å². The molecule has 0 unspecified atom stereocenters. The zero-order valence-electron chi connectivity index (χ0n) is 13.0. The van der Waals surface area contributed by atoms with Crippen molar-refractivity contribution in [3.8, 4) is 0 Å². The predicted molar refractivity (Wildman–Crippen MR) is 87.2 cm³/mol. The van der Waals surface area contributed by atoms with E-state index in [9.17, 15) is 9.59 Å². The summed E-state index contributed by atoms with van der Waals surface area (Å²) < 4.78 is 5.15. The van der Waals surface area contributed by atoms with Crippen LogP contribution in [0, 0.1) is 13.8 Å². The molecule has 0 fully saturated rings. The van der Waals surface area contributed by atoms with Gasteiger partial charge in [0.25, 0.3) is 5.22 Å². The fourth-order valence-corrected chi connectivity index (χ4v) is 2.41. The summed E-state index contributed by atoms with van der Waals surface area (Å²) in [6, 6.07) is 7.55.